The third kappa shape index (κ3) is 29.5. The van der Waals surface area contributed by atoms with Crippen molar-refractivity contribution in [3.63, 3.8) is 0 Å². The molecule has 1 fully saturated rings. The lowest BCUT2D eigenvalue weighted by Crippen LogP contribution is -2.56. The molecule has 0 radical (unpaired) electrons. The van der Waals surface area contributed by atoms with E-state index in [1.165, 1.54) is 123 Å². The molecule has 476 valence electrons. The number of hydrogen-bond donors (Lipinski definition) is 3. The van der Waals surface area contributed by atoms with Crippen LogP contribution in [0.3, 0.4) is 0 Å². The first-order chi connectivity index (χ1) is 42.2. The summed E-state index contributed by atoms with van der Waals surface area (Å²) in [5.41, 5.74) is 3.74. The van der Waals surface area contributed by atoms with E-state index in [1.54, 1.807) is 0 Å². The van der Waals surface area contributed by atoms with Crippen LogP contribution in [-0.2, 0) is 74.0 Å². The van der Waals surface area contributed by atoms with E-state index in [9.17, 15) is 19.2 Å². The largest absolute Gasteiger partial charge is 0.461 e. The Hall–Kier alpha value is -5.44. The maximum Gasteiger partial charge on any atom is 0.306 e. The molecule has 0 unspecified atom stereocenters. The Labute approximate surface area is 517 Å². The number of carbonyl (C=O) groups excluding carboxylic acids is 4. The molecule has 0 aliphatic carbocycles. The first-order valence-corrected chi connectivity index (χ1v) is 33.4. The zero-order chi connectivity index (χ0) is 61.1. The van der Waals surface area contributed by atoms with Crippen LogP contribution >= 0.6 is 0 Å². The van der Waals surface area contributed by atoms with Gasteiger partial charge in [0.1, 0.15) is 37.0 Å². The van der Waals surface area contributed by atoms with E-state index in [-0.39, 0.29) is 51.1 Å². The Balaban J connectivity index is 1.36. The predicted octanol–water partition coefficient (Wildman–Crippen LogP) is 15.5. The van der Waals surface area contributed by atoms with Gasteiger partial charge in [-0.25, -0.2) is 0 Å². The van der Waals surface area contributed by atoms with Gasteiger partial charge in [-0.1, -0.05) is 289 Å². The lowest BCUT2D eigenvalue weighted by Gasteiger charge is -2.28. The van der Waals surface area contributed by atoms with Crippen molar-refractivity contribution in [2.75, 3.05) is 13.7 Å². The highest BCUT2D eigenvalue weighted by Gasteiger charge is 2.50. The first kappa shape index (κ1) is 71.3. The van der Waals surface area contributed by atoms with E-state index < -0.39 is 60.6 Å². The van der Waals surface area contributed by atoms with Gasteiger partial charge < -0.3 is 44.4 Å². The van der Waals surface area contributed by atoms with Crippen LogP contribution in [0, 0.1) is 5.92 Å². The molecule has 13 heteroatoms. The third-order valence-corrected chi connectivity index (χ3v) is 16.6. The predicted molar refractivity (Wildman–Crippen MR) is 344 cm³/mol. The molecule has 1 heterocycles. The van der Waals surface area contributed by atoms with Crippen LogP contribution in [0.2, 0.25) is 0 Å². The standard InChI is InChI=1S/C73H109N3O10/c1-5-7-9-11-13-15-17-19-21-23-25-39-49-63(50-40-26-24-22-20-18-16-14-12-10-8-6-2)70(78)76-65(72(80)75-64(71(79)74-4)51-52-66(77)82-54-60-43-33-28-34-44-60)57-85-73-69(84-56-62-47-37-30-38-48-62)68(83-55-61-45-35-29-36-46-61)67(86-73)58(3)81-53-59-41-31-27-32-42-59/h27-38,41-48,58,63-65,67-69,73H,5-26,39-40,49-57H2,1-4H3,(H,74,79)(H,75,80)(H,76,78)/t58-,64+,65-,67+,68+,69-,73+/m0/s1. The maximum absolute atomic E-state index is 14.9. The average Bonchev–Trinajstić information content (AvgIpc) is 2.17. The van der Waals surface area contributed by atoms with Gasteiger partial charge in [0.05, 0.1) is 32.5 Å². The van der Waals surface area contributed by atoms with Crippen molar-refractivity contribution in [3.05, 3.63) is 144 Å². The summed E-state index contributed by atoms with van der Waals surface area (Å²) in [4.78, 5) is 56.5. The lowest BCUT2D eigenvalue weighted by atomic mass is 9.93. The fourth-order valence-corrected chi connectivity index (χ4v) is 11.3. The van der Waals surface area contributed by atoms with Gasteiger partial charge >= 0.3 is 5.97 Å². The maximum atomic E-state index is 14.9. The number of carbonyl (C=O) groups is 4. The van der Waals surface area contributed by atoms with Crippen LogP contribution in [0.25, 0.3) is 0 Å². The second-order valence-electron chi connectivity index (χ2n) is 23.8. The molecule has 86 heavy (non-hydrogen) atoms. The number of hydrogen-bond acceptors (Lipinski definition) is 10. The molecule has 0 spiro atoms. The van der Waals surface area contributed by atoms with Crippen LogP contribution in [-0.4, -0.2) is 80.1 Å². The molecule has 3 amide bonds. The van der Waals surface area contributed by atoms with Crippen molar-refractivity contribution in [2.45, 2.75) is 270 Å². The molecule has 13 nitrogen and oxygen atoms in total. The van der Waals surface area contributed by atoms with Crippen LogP contribution in [0.1, 0.15) is 223 Å². The first-order valence-electron chi connectivity index (χ1n) is 33.4. The van der Waals surface area contributed by atoms with E-state index in [4.69, 9.17) is 28.4 Å². The zero-order valence-corrected chi connectivity index (χ0v) is 53.1. The molecule has 3 N–H and O–H groups in total. The van der Waals surface area contributed by atoms with Crippen molar-refractivity contribution >= 4 is 23.7 Å². The van der Waals surface area contributed by atoms with Crippen molar-refractivity contribution in [1.29, 1.82) is 0 Å². The third-order valence-electron chi connectivity index (χ3n) is 16.6. The highest BCUT2D eigenvalue weighted by atomic mass is 16.7. The molecule has 1 saturated heterocycles. The Morgan fingerprint density at radius 1 is 0.442 bits per heavy atom. The van der Waals surface area contributed by atoms with E-state index in [0.29, 0.717) is 19.4 Å². The van der Waals surface area contributed by atoms with Gasteiger partial charge in [0.2, 0.25) is 17.7 Å². The van der Waals surface area contributed by atoms with E-state index in [1.807, 2.05) is 128 Å². The Kier molecular flexibility index (Phi) is 37.2. The number of likely N-dealkylation sites (N-methyl/N-ethyl adjacent to an activating group) is 1. The number of benzene rings is 4. The molecule has 4 aromatic carbocycles. The quantitative estimate of drug-likeness (QED) is 0.0287. The van der Waals surface area contributed by atoms with Gasteiger partial charge in [-0.15, -0.1) is 0 Å². The smallest absolute Gasteiger partial charge is 0.306 e. The fraction of sp³-hybridized carbons (Fsp3) is 0.616. The minimum atomic E-state index is -1.26. The molecular formula is C73H109N3O10. The second-order valence-corrected chi connectivity index (χ2v) is 23.8. The molecule has 4 aromatic rings. The monoisotopic (exact) mass is 1190 g/mol. The van der Waals surface area contributed by atoms with Gasteiger partial charge in [0, 0.05) is 19.4 Å². The van der Waals surface area contributed by atoms with Crippen LogP contribution in [0.4, 0.5) is 0 Å². The number of amides is 3. The van der Waals surface area contributed by atoms with Gasteiger partial charge in [0.25, 0.3) is 0 Å². The number of ether oxygens (including phenoxy) is 6. The van der Waals surface area contributed by atoms with Crippen LogP contribution < -0.4 is 16.0 Å². The van der Waals surface area contributed by atoms with E-state index in [0.717, 1.165) is 60.8 Å². The second kappa shape index (κ2) is 44.9. The van der Waals surface area contributed by atoms with Gasteiger partial charge in [-0.3, -0.25) is 19.2 Å². The molecular weight excluding hydrogens is 1080 g/mol. The summed E-state index contributed by atoms with van der Waals surface area (Å²) in [7, 11) is 1.48. The average molecular weight is 1190 g/mol. The van der Waals surface area contributed by atoms with Gasteiger partial charge in [-0.05, 0) is 48.4 Å². The number of rotatable bonds is 49. The molecule has 0 saturated carbocycles. The number of nitrogens with one attached hydrogen (secondary N) is 3. The zero-order valence-electron chi connectivity index (χ0n) is 53.1. The van der Waals surface area contributed by atoms with E-state index >= 15 is 0 Å². The summed E-state index contributed by atoms with van der Waals surface area (Å²) < 4.78 is 39.2. The molecule has 0 aromatic heterocycles. The SMILES string of the molecule is CCCCCCCCCCCCCCC(CCCCCCCCCCCCCC)C(=O)N[C@@H](CO[C@@H]1O[C@H]([C@H](C)OCc2ccccc2)[C@@H](OCc2ccccc2)[C@@H]1OCc1ccccc1)C(=O)N[C@H](CCC(=O)OCc1ccccc1)C(=O)NC. The summed E-state index contributed by atoms with van der Waals surface area (Å²) in [6.07, 6.45) is 26.8. The van der Waals surface area contributed by atoms with Crippen molar-refractivity contribution in [1.82, 2.24) is 16.0 Å². The Morgan fingerprint density at radius 2 is 0.837 bits per heavy atom. The van der Waals surface area contributed by atoms with Crippen LogP contribution in [0.15, 0.2) is 121 Å². The number of unbranched alkanes of at least 4 members (excludes halogenated alkanes) is 22. The normalized spacial score (nSPS) is 16.8. The molecule has 1 aliphatic rings. The highest BCUT2D eigenvalue weighted by molar-refractivity contribution is 5.92. The Bertz CT molecular complexity index is 2340. The fourth-order valence-electron chi connectivity index (χ4n) is 11.3. The highest BCUT2D eigenvalue weighted by Crippen LogP contribution is 2.33. The summed E-state index contributed by atoms with van der Waals surface area (Å²) in [5, 5.41) is 8.69. The van der Waals surface area contributed by atoms with Gasteiger partial charge in [0.15, 0.2) is 6.29 Å². The number of esters is 1. The molecule has 7 atom stereocenters. The minimum absolute atomic E-state index is 0.0365. The minimum Gasteiger partial charge on any atom is -0.461 e. The van der Waals surface area contributed by atoms with Crippen molar-refractivity contribution in [3.8, 4) is 0 Å². The van der Waals surface area contributed by atoms with Crippen molar-refractivity contribution in [2.24, 2.45) is 5.92 Å². The van der Waals surface area contributed by atoms with Crippen molar-refractivity contribution < 1.29 is 47.6 Å². The summed E-state index contributed by atoms with van der Waals surface area (Å²) in [6.45, 7) is 7.03. The summed E-state index contributed by atoms with van der Waals surface area (Å²) >= 11 is 0. The molecule has 0 bridgehead atoms. The summed E-state index contributed by atoms with van der Waals surface area (Å²) in [5.74, 6) is -2.19. The Morgan fingerprint density at radius 3 is 1.28 bits per heavy atom. The molecule has 5 rings (SSSR count). The van der Waals surface area contributed by atoms with E-state index in [2.05, 4.69) is 29.8 Å². The summed E-state index contributed by atoms with van der Waals surface area (Å²) in [6, 6.07) is 36.7. The van der Waals surface area contributed by atoms with Crippen LogP contribution in [0.5, 0.6) is 0 Å². The van der Waals surface area contributed by atoms with Gasteiger partial charge in [-0.2, -0.15) is 0 Å². The molecule has 1 aliphatic heterocycles. The topological polar surface area (TPSA) is 160 Å². The lowest BCUT2D eigenvalue weighted by molar-refractivity contribution is -0.195.